The summed E-state index contributed by atoms with van der Waals surface area (Å²) in [6.45, 7) is 4.99. The van der Waals surface area contributed by atoms with E-state index in [0.29, 0.717) is 6.54 Å². The third-order valence-electron chi connectivity index (χ3n) is 5.02. The maximum absolute atomic E-state index is 12.1. The molecule has 1 aliphatic heterocycles. The minimum atomic E-state index is -1.17. The van der Waals surface area contributed by atoms with Crippen molar-refractivity contribution in [3.63, 3.8) is 0 Å². The molecule has 1 saturated carbocycles. The van der Waals surface area contributed by atoms with Crippen LogP contribution in [0.2, 0.25) is 0 Å². The lowest BCUT2D eigenvalue weighted by Gasteiger charge is -2.44. The molecule has 0 aromatic rings. The Hall–Kier alpha value is -1.30. The minimum Gasteiger partial charge on any atom is -0.479 e. The van der Waals surface area contributed by atoms with Crippen LogP contribution in [0.5, 0.6) is 0 Å². The normalized spacial score (nSPS) is 36.2. The smallest absolute Gasteiger partial charge is 0.330 e. The molecule has 6 nitrogen and oxygen atoms in total. The van der Waals surface area contributed by atoms with Crippen molar-refractivity contribution in [3.8, 4) is 0 Å². The molecule has 2 rings (SSSR count). The third-order valence-corrected chi connectivity index (χ3v) is 5.02. The monoisotopic (exact) mass is 298 g/mol. The summed E-state index contributed by atoms with van der Waals surface area (Å²) in [6, 6.07) is -0.409. The number of carbonyl (C=O) groups is 2. The number of nitrogens with one attached hydrogen (secondary N) is 2. The largest absolute Gasteiger partial charge is 0.479 e. The Balaban J connectivity index is 1.98. The first kappa shape index (κ1) is 16.1. The quantitative estimate of drug-likeness (QED) is 0.738. The van der Waals surface area contributed by atoms with Gasteiger partial charge < -0.3 is 20.5 Å². The number of ether oxygens (including phenoxy) is 1. The Morgan fingerprint density at radius 1 is 1.19 bits per heavy atom. The Kier molecular flexibility index (Phi) is 5.08. The number of hydrogen-bond donors (Lipinski definition) is 3. The summed E-state index contributed by atoms with van der Waals surface area (Å²) in [5.74, 6) is -1.09. The van der Waals surface area contributed by atoms with Gasteiger partial charge in [-0.05, 0) is 37.5 Å². The van der Waals surface area contributed by atoms with Crippen LogP contribution < -0.4 is 10.6 Å². The van der Waals surface area contributed by atoms with E-state index >= 15 is 0 Å². The number of amides is 2. The van der Waals surface area contributed by atoms with E-state index in [-0.39, 0.29) is 17.9 Å². The molecule has 1 aliphatic carbocycles. The van der Waals surface area contributed by atoms with Crippen molar-refractivity contribution in [1.82, 2.24) is 10.6 Å². The van der Waals surface area contributed by atoms with Crippen molar-refractivity contribution in [2.45, 2.75) is 57.6 Å². The molecule has 6 heteroatoms. The van der Waals surface area contributed by atoms with Crippen LogP contribution in [0.1, 0.15) is 46.0 Å². The van der Waals surface area contributed by atoms with Crippen molar-refractivity contribution in [2.24, 2.45) is 11.8 Å². The first-order chi connectivity index (χ1) is 9.96. The van der Waals surface area contributed by atoms with E-state index in [2.05, 4.69) is 10.6 Å². The van der Waals surface area contributed by atoms with Gasteiger partial charge in [0.15, 0.2) is 0 Å². The lowest BCUT2D eigenvalue weighted by Crippen LogP contribution is -2.65. The molecule has 1 heterocycles. The van der Waals surface area contributed by atoms with Crippen molar-refractivity contribution < 1.29 is 19.4 Å². The van der Waals surface area contributed by atoms with Crippen LogP contribution in [0.4, 0.5) is 4.79 Å². The number of hydrogen-bond acceptors (Lipinski definition) is 3. The van der Waals surface area contributed by atoms with Gasteiger partial charge in [0.2, 0.25) is 0 Å². The number of rotatable bonds is 4. The summed E-state index contributed by atoms with van der Waals surface area (Å²) >= 11 is 0. The van der Waals surface area contributed by atoms with Gasteiger partial charge in [0.1, 0.15) is 5.54 Å². The topological polar surface area (TPSA) is 87.7 Å². The van der Waals surface area contributed by atoms with E-state index in [1.54, 1.807) is 0 Å². The summed E-state index contributed by atoms with van der Waals surface area (Å²) in [6.07, 6.45) is 4.66. The highest BCUT2D eigenvalue weighted by Gasteiger charge is 2.51. The Morgan fingerprint density at radius 3 is 2.38 bits per heavy atom. The SMILES string of the molecule is CC1CCCC(C)C1(NC(=O)NCC1CCCO1)C(=O)O. The van der Waals surface area contributed by atoms with Crippen LogP contribution in [-0.2, 0) is 9.53 Å². The average molecular weight is 298 g/mol. The zero-order valence-electron chi connectivity index (χ0n) is 12.9. The molecule has 0 aromatic heterocycles. The fourth-order valence-corrected chi connectivity index (χ4v) is 3.64. The number of carbonyl (C=O) groups excluding carboxylic acids is 1. The van der Waals surface area contributed by atoms with Crippen LogP contribution in [0, 0.1) is 11.8 Å². The van der Waals surface area contributed by atoms with Crippen molar-refractivity contribution in [1.29, 1.82) is 0 Å². The van der Waals surface area contributed by atoms with Crippen LogP contribution >= 0.6 is 0 Å². The van der Waals surface area contributed by atoms with Gasteiger partial charge in [0.25, 0.3) is 0 Å². The van der Waals surface area contributed by atoms with Gasteiger partial charge in [-0.1, -0.05) is 20.3 Å². The zero-order valence-corrected chi connectivity index (χ0v) is 12.9. The second-order valence-corrected chi connectivity index (χ2v) is 6.38. The fourth-order valence-electron chi connectivity index (χ4n) is 3.64. The molecular weight excluding hydrogens is 272 g/mol. The van der Waals surface area contributed by atoms with Crippen LogP contribution in [-0.4, -0.2) is 41.9 Å². The summed E-state index contributed by atoms with van der Waals surface area (Å²) in [5.41, 5.74) is -1.17. The first-order valence-corrected chi connectivity index (χ1v) is 7.87. The Labute approximate surface area is 125 Å². The van der Waals surface area contributed by atoms with E-state index in [9.17, 15) is 14.7 Å². The second-order valence-electron chi connectivity index (χ2n) is 6.38. The predicted octanol–water partition coefficient (Wildman–Crippen LogP) is 1.74. The second kappa shape index (κ2) is 6.64. The molecule has 120 valence electrons. The maximum atomic E-state index is 12.1. The maximum Gasteiger partial charge on any atom is 0.330 e. The molecule has 2 fully saturated rings. The highest BCUT2D eigenvalue weighted by atomic mass is 16.5. The highest BCUT2D eigenvalue weighted by Crippen LogP contribution is 2.38. The van der Waals surface area contributed by atoms with Gasteiger partial charge in [-0.3, -0.25) is 0 Å². The Bertz CT molecular complexity index is 383. The predicted molar refractivity (Wildman–Crippen MR) is 78.1 cm³/mol. The van der Waals surface area contributed by atoms with Crippen LogP contribution in [0.15, 0.2) is 0 Å². The van der Waals surface area contributed by atoms with Gasteiger partial charge in [-0.15, -0.1) is 0 Å². The number of urea groups is 1. The van der Waals surface area contributed by atoms with E-state index in [1.807, 2.05) is 13.8 Å². The molecule has 2 aliphatic rings. The molecular formula is C15H26N2O4. The molecule has 3 atom stereocenters. The average Bonchev–Trinajstić information content (AvgIpc) is 2.94. The van der Waals surface area contributed by atoms with Gasteiger partial charge >= 0.3 is 12.0 Å². The summed E-state index contributed by atoms with van der Waals surface area (Å²) in [5, 5.41) is 15.2. The molecule has 1 saturated heterocycles. The summed E-state index contributed by atoms with van der Waals surface area (Å²) < 4.78 is 5.45. The van der Waals surface area contributed by atoms with Crippen molar-refractivity contribution >= 4 is 12.0 Å². The van der Waals surface area contributed by atoms with Crippen molar-refractivity contribution in [2.75, 3.05) is 13.2 Å². The van der Waals surface area contributed by atoms with E-state index in [4.69, 9.17) is 4.74 Å². The number of carboxylic acid groups (broad SMARTS) is 1. The molecule has 0 aromatic carbocycles. The highest BCUT2D eigenvalue weighted by molar-refractivity contribution is 5.87. The summed E-state index contributed by atoms with van der Waals surface area (Å²) in [4.78, 5) is 24.0. The number of aliphatic carboxylic acids is 1. The fraction of sp³-hybridized carbons (Fsp3) is 0.867. The molecule has 0 bridgehead atoms. The molecule has 3 N–H and O–H groups in total. The molecule has 3 unspecified atom stereocenters. The first-order valence-electron chi connectivity index (χ1n) is 7.87. The molecule has 2 amide bonds. The van der Waals surface area contributed by atoms with Crippen molar-refractivity contribution in [3.05, 3.63) is 0 Å². The molecule has 0 radical (unpaired) electrons. The minimum absolute atomic E-state index is 0.0535. The van der Waals surface area contributed by atoms with Gasteiger partial charge in [-0.2, -0.15) is 0 Å². The number of carboxylic acids is 1. The summed E-state index contributed by atoms with van der Waals surface area (Å²) in [7, 11) is 0. The third kappa shape index (κ3) is 3.31. The standard InChI is InChI=1S/C15H26N2O4/c1-10-5-3-6-11(2)15(10,13(18)19)17-14(20)16-9-12-7-4-8-21-12/h10-12H,3-9H2,1-2H3,(H,18,19)(H2,16,17,20). The van der Waals surface area contributed by atoms with Crippen LogP contribution in [0.3, 0.4) is 0 Å². The van der Waals surface area contributed by atoms with Gasteiger partial charge in [-0.25, -0.2) is 9.59 Å². The van der Waals surface area contributed by atoms with E-state index in [1.165, 1.54) is 0 Å². The lowest BCUT2D eigenvalue weighted by atomic mass is 9.67. The Morgan fingerprint density at radius 2 is 1.86 bits per heavy atom. The van der Waals surface area contributed by atoms with E-state index < -0.39 is 17.5 Å². The zero-order chi connectivity index (χ0) is 15.5. The lowest BCUT2D eigenvalue weighted by molar-refractivity contribution is -0.151. The molecule has 21 heavy (non-hydrogen) atoms. The van der Waals surface area contributed by atoms with Gasteiger partial charge in [0.05, 0.1) is 6.10 Å². The van der Waals surface area contributed by atoms with Crippen LogP contribution in [0.25, 0.3) is 0 Å². The van der Waals surface area contributed by atoms with E-state index in [0.717, 1.165) is 38.7 Å². The molecule has 0 spiro atoms. The van der Waals surface area contributed by atoms with Gasteiger partial charge in [0, 0.05) is 13.2 Å².